The summed E-state index contributed by atoms with van der Waals surface area (Å²) in [6.45, 7) is 13.3. The van der Waals surface area contributed by atoms with Gasteiger partial charge in [0.2, 0.25) is 0 Å². The molecule has 172 valence electrons. The molecule has 2 aromatic heterocycles. The van der Waals surface area contributed by atoms with E-state index in [1.165, 1.54) is 21.7 Å². The van der Waals surface area contributed by atoms with E-state index in [1.807, 2.05) is 0 Å². The summed E-state index contributed by atoms with van der Waals surface area (Å²) in [6.07, 6.45) is 3.59. The molecule has 2 nitrogen and oxygen atoms in total. The van der Waals surface area contributed by atoms with Gasteiger partial charge in [0, 0.05) is 28.2 Å². The second kappa shape index (κ2) is 11.0. The van der Waals surface area contributed by atoms with Gasteiger partial charge in [0.1, 0.15) is 5.50 Å². The summed E-state index contributed by atoms with van der Waals surface area (Å²) in [5.41, 5.74) is 5.22. The number of hydrogen-bond donors (Lipinski definition) is 0. The molecule has 4 aromatic rings. The van der Waals surface area contributed by atoms with Crippen molar-refractivity contribution in [3.05, 3.63) is 84.3 Å². The van der Waals surface area contributed by atoms with Gasteiger partial charge in [-0.15, -0.1) is 5.30 Å². The molecule has 0 saturated heterocycles. The SMILES string of the molecule is CC(C)(C)c1ccoc1P[c-]1[cH-][cH-][cH-][cH-]1.CC(C)(C)c1ccoc1P[c-]1cccc1.[Fe]. The zero-order valence-electron chi connectivity index (χ0n) is 19.1. The van der Waals surface area contributed by atoms with Gasteiger partial charge in [0.15, 0.2) is 0 Å². The average molecular weight is 494 g/mol. The number of rotatable bonds is 4. The van der Waals surface area contributed by atoms with E-state index >= 15 is 0 Å². The molecular weight excluding hydrogens is 462 g/mol. The van der Waals surface area contributed by atoms with Crippen LogP contribution in [0, 0.1) is 0 Å². The van der Waals surface area contributed by atoms with E-state index in [4.69, 9.17) is 8.83 Å². The van der Waals surface area contributed by atoms with Gasteiger partial charge in [-0.3, -0.25) is 0 Å². The molecule has 0 aliphatic heterocycles. The summed E-state index contributed by atoms with van der Waals surface area (Å²) in [6, 6.07) is 21.0. The molecule has 2 aromatic carbocycles. The van der Waals surface area contributed by atoms with Crippen LogP contribution in [0.5, 0.6) is 0 Å². The molecule has 0 radical (unpaired) electrons. The predicted octanol–water partition coefficient (Wildman–Crippen LogP) is 5.85. The molecule has 4 rings (SSSR count). The van der Waals surface area contributed by atoms with Crippen molar-refractivity contribution in [1.29, 1.82) is 0 Å². The Kier molecular flexibility index (Phi) is 9.17. The van der Waals surface area contributed by atoms with Crippen LogP contribution in [0.4, 0.5) is 0 Å². The maximum Gasteiger partial charge on any atom is 0.118 e. The molecule has 5 heteroatoms. The van der Waals surface area contributed by atoms with E-state index in [0.717, 1.165) is 11.0 Å². The summed E-state index contributed by atoms with van der Waals surface area (Å²) in [5, 5.41) is 2.69. The van der Waals surface area contributed by atoms with Crippen molar-refractivity contribution in [2.75, 3.05) is 0 Å². The Morgan fingerprint density at radius 3 is 1.65 bits per heavy atom. The Morgan fingerprint density at radius 1 is 0.742 bits per heavy atom. The second-order valence-electron chi connectivity index (χ2n) is 9.42. The quantitative estimate of drug-likeness (QED) is 0.202. The van der Waals surface area contributed by atoms with Crippen molar-refractivity contribution in [2.24, 2.45) is 0 Å². The topological polar surface area (TPSA) is 26.3 Å². The third-order valence-corrected chi connectivity index (χ3v) is 7.26. The van der Waals surface area contributed by atoms with E-state index in [9.17, 15) is 0 Å². The zero-order valence-corrected chi connectivity index (χ0v) is 22.2. The van der Waals surface area contributed by atoms with Crippen molar-refractivity contribution in [3.8, 4) is 0 Å². The Morgan fingerprint density at radius 2 is 1.19 bits per heavy atom. The predicted molar refractivity (Wildman–Crippen MR) is 134 cm³/mol. The molecule has 0 amide bonds. The van der Waals surface area contributed by atoms with Crippen LogP contribution in [-0.2, 0) is 27.9 Å². The van der Waals surface area contributed by atoms with Crippen molar-refractivity contribution in [2.45, 2.75) is 52.4 Å². The molecule has 0 bridgehead atoms. The second-order valence-corrected chi connectivity index (χ2v) is 12.0. The van der Waals surface area contributed by atoms with Gasteiger partial charge in [-0.1, -0.05) is 50.1 Å². The Balaban J connectivity index is 0.000000213. The molecule has 0 fully saturated rings. The van der Waals surface area contributed by atoms with E-state index in [1.54, 1.807) is 12.5 Å². The molecule has 0 spiro atoms. The molecule has 0 aliphatic carbocycles. The molecule has 31 heavy (non-hydrogen) atoms. The minimum atomic E-state index is 0. The van der Waals surface area contributed by atoms with E-state index in [2.05, 4.69) is 102 Å². The molecule has 2 unspecified atom stereocenters. The van der Waals surface area contributed by atoms with E-state index in [0.29, 0.717) is 17.2 Å². The van der Waals surface area contributed by atoms with Crippen LogP contribution in [0.1, 0.15) is 52.7 Å². The summed E-state index contributed by atoms with van der Waals surface area (Å²) in [4.78, 5) is 0. The van der Waals surface area contributed by atoms with Gasteiger partial charge in [0.05, 0.1) is 18.0 Å². The third-order valence-electron chi connectivity index (χ3n) is 4.79. The number of hydrogen-bond acceptors (Lipinski definition) is 2. The maximum atomic E-state index is 5.58. The Hall–Kier alpha value is -1.36. The van der Waals surface area contributed by atoms with Crippen molar-refractivity contribution in [3.63, 3.8) is 0 Å². The standard InChI is InChI=1S/2C13H16OP.Fe/c2*1-13(2,3)11-8-9-14-12(11)15-10-6-4-5-7-10;/h2*4-9,15H,1-3H3;/q-5;-1;. The fourth-order valence-electron chi connectivity index (χ4n) is 3.17. The summed E-state index contributed by atoms with van der Waals surface area (Å²) in [5.74, 6) is 0. The van der Waals surface area contributed by atoms with Crippen LogP contribution in [0.15, 0.2) is 82.0 Å². The third kappa shape index (κ3) is 7.33. The fourth-order valence-corrected chi connectivity index (χ4v) is 5.85. The van der Waals surface area contributed by atoms with Crippen LogP contribution >= 0.6 is 17.2 Å². The Labute approximate surface area is 201 Å². The van der Waals surface area contributed by atoms with Crippen LogP contribution < -0.4 is 21.6 Å². The molecule has 2 heterocycles. The van der Waals surface area contributed by atoms with Crippen molar-refractivity contribution in [1.82, 2.24) is 0 Å². The molecule has 0 N–H and O–H groups in total. The van der Waals surface area contributed by atoms with Crippen LogP contribution in [0.25, 0.3) is 0 Å². The minimum Gasteiger partial charge on any atom is -0.747 e. The molecular formula is C26H32FeO2P2-6. The van der Waals surface area contributed by atoms with Gasteiger partial charge in [-0.05, 0) is 23.0 Å². The maximum absolute atomic E-state index is 5.58. The minimum absolute atomic E-state index is 0. The van der Waals surface area contributed by atoms with Crippen LogP contribution in [0.3, 0.4) is 0 Å². The number of furan rings is 2. The van der Waals surface area contributed by atoms with Gasteiger partial charge in [-0.25, -0.2) is 20.7 Å². The van der Waals surface area contributed by atoms with Crippen molar-refractivity contribution >= 4 is 38.8 Å². The first-order valence-electron chi connectivity index (χ1n) is 10.3. The summed E-state index contributed by atoms with van der Waals surface area (Å²) >= 11 is 0. The monoisotopic (exact) mass is 494 g/mol. The molecule has 0 aliphatic rings. The molecule has 0 saturated carbocycles. The fraction of sp³-hybridized carbons (Fsp3) is 0.308. The van der Waals surface area contributed by atoms with Gasteiger partial charge in [-0.2, -0.15) is 12.1 Å². The van der Waals surface area contributed by atoms with Crippen LogP contribution in [0.2, 0.25) is 0 Å². The first kappa shape index (κ1) is 25.9. The van der Waals surface area contributed by atoms with Crippen LogP contribution in [-0.4, -0.2) is 0 Å². The summed E-state index contributed by atoms with van der Waals surface area (Å²) in [7, 11) is 1.26. The Bertz CT molecular complexity index is 926. The summed E-state index contributed by atoms with van der Waals surface area (Å²) < 4.78 is 11.2. The van der Waals surface area contributed by atoms with E-state index in [-0.39, 0.29) is 27.9 Å². The zero-order chi connectivity index (χ0) is 21.8. The smallest absolute Gasteiger partial charge is 0.118 e. The largest absolute Gasteiger partial charge is 0.747 e. The first-order valence-corrected chi connectivity index (χ1v) is 12.3. The first-order chi connectivity index (χ1) is 14.1. The van der Waals surface area contributed by atoms with Gasteiger partial charge in [0.25, 0.3) is 0 Å². The average Bonchev–Trinajstić information content (AvgIpc) is 3.43. The van der Waals surface area contributed by atoms with E-state index < -0.39 is 0 Å². The van der Waals surface area contributed by atoms with Gasteiger partial charge < -0.3 is 38.4 Å². The molecule has 2 atom stereocenters. The van der Waals surface area contributed by atoms with Crippen molar-refractivity contribution < 1.29 is 25.9 Å². The normalized spacial score (nSPS) is 12.3. The van der Waals surface area contributed by atoms with Gasteiger partial charge >= 0.3 is 0 Å².